The summed E-state index contributed by atoms with van der Waals surface area (Å²) in [6, 6.07) is 0. The van der Waals surface area contributed by atoms with Crippen molar-refractivity contribution in [2.45, 2.75) is 18.1 Å². The highest BCUT2D eigenvalue weighted by Gasteiger charge is 2.42. The molecule has 1 nitrogen and oxygen atoms in total. The smallest absolute Gasteiger partial charge is 0.0411 e. The Morgan fingerprint density at radius 3 is 2.56 bits per heavy atom. The zero-order chi connectivity index (χ0) is 6.32. The van der Waals surface area contributed by atoms with Crippen molar-refractivity contribution in [3.63, 3.8) is 0 Å². The molecule has 0 saturated carbocycles. The minimum Gasteiger partial charge on any atom is -0.314 e. The van der Waals surface area contributed by atoms with Gasteiger partial charge in [0.25, 0.3) is 0 Å². The van der Waals surface area contributed by atoms with Gasteiger partial charge in [-0.1, -0.05) is 6.92 Å². The maximum atomic E-state index is 3.34. The molecule has 0 aromatic carbocycles. The fourth-order valence-electron chi connectivity index (χ4n) is 1.72. The van der Waals surface area contributed by atoms with Crippen LogP contribution in [0.25, 0.3) is 0 Å². The number of thioether (sulfide) groups is 1. The van der Waals surface area contributed by atoms with Gasteiger partial charge in [-0.25, -0.2) is 0 Å². The third-order valence-corrected chi connectivity index (χ3v) is 4.09. The first-order chi connectivity index (χ1) is 4.31. The van der Waals surface area contributed by atoms with Gasteiger partial charge in [0.15, 0.2) is 0 Å². The molecule has 0 aromatic heterocycles. The summed E-state index contributed by atoms with van der Waals surface area (Å²) in [7, 11) is 0. The molecule has 1 atom stereocenters. The Hall–Kier alpha value is 0.310. The molecule has 2 heterocycles. The molecule has 0 aromatic rings. The van der Waals surface area contributed by atoms with Gasteiger partial charge in [-0.2, -0.15) is 11.8 Å². The van der Waals surface area contributed by atoms with E-state index in [0.29, 0.717) is 4.75 Å². The van der Waals surface area contributed by atoms with Gasteiger partial charge in [0.1, 0.15) is 0 Å². The van der Waals surface area contributed by atoms with E-state index in [-0.39, 0.29) is 0 Å². The zero-order valence-corrected chi connectivity index (χ0v) is 6.63. The van der Waals surface area contributed by atoms with Crippen LogP contribution in [0.4, 0.5) is 0 Å². The van der Waals surface area contributed by atoms with Crippen LogP contribution in [0.15, 0.2) is 0 Å². The largest absolute Gasteiger partial charge is 0.314 e. The third kappa shape index (κ3) is 0.887. The summed E-state index contributed by atoms with van der Waals surface area (Å²) < 4.78 is 0.694. The number of nitrogens with one attached hydrogen (secondary N) is 1. The third-order valence-electron chi connectivity index (χ3n) is 2.29. The molecule has 2 rings (SSSR count). The maximum Gasteiger partial charge on any atom is 0.0411 e. The first-order valence-electron chi connectivity index (χ1n) is 3.65. The quantitative estimate of drug-likeness (QED) is 0.545. The predicted octanol–water partition coefficient (Wildman–Crippen LogP) is 1.10. The molecule has 2 aliphatic rings. The van der Waals surface area contributed by atoms with E-state index in [9.17, 15) is 0 Å². The molecule has 9 heavy (non-hydrogen) atoms. The molecule has 0 aliphatic carbocycles. The first-order valence-corrected chi connectivity index (χ1v) is 4.64. The molecule has 1 N–H and O–H groups in total. The lowest BCUT2D eigenvalue weighted by Crippen LogP contribution is -2.55. The number of hydrogen-bond donors (Lipinski definition) is 1. The molecular weight excluding hydrogens is 130 g/mol. The fraction of sp³-hybridized carbons (Fsp3) is 1.00. The highest BCUT2D eigenvalue weighted by molar-refractivity contribution is 8.01. The van der Waals surface area contributed by atoms with Gasteiger partial charge in [0.05, 0.1) is 0 Å². The summed E-state index contributed by atoms with van der Waals surface area (Å²) in [5.41, 5.74) is 0. The molecule has 0 bridgehead atoms. The number of hydrogen-bond acceptors (Lipinski definition) is 2. The lowest BCUT2D eigenvalue weighted by atomic mass is 9.92. The molecule has 2 heteroatoms. The highest BCUT2D eigenvalue weighted by Crippen LogP contribution is 2.43. The standard InChI is InChI=1S/C7H13NS/c1-6-2-7(9-3-6)4-8-5-7/h6,8H,2-5H2,1H3. The van der Waals surface area contributed by atoms with Gasteiger partial charge in [-0.3, -0.25) is 0 Å². The topological polar surface area (TPSA) is 12.0 Å². The summed E-state index contributed by atoms with van der Waals surface area (Å²) in [4.78, 5) is 0. The van der Waals surface area contributed by atoms with Crippen LogP contribution in [-0.4, -0.2) is 23.6 Å². The van der Waals surface area contributed by atoms with Crippen LogP contribution >= 0.6 is 11.8 Å². The Balaban J connectivity index is 1.99. The molecule has 2 aliphatic heterocycles. The summed E-state index contributed by atoms with van der Waals surface area (Å²) in [6.45, 7) is 4.89. The van der Waals surface area contributed by atoms with E-state index < -0.39 is 0 Å². The second-order valence-electron chi connectivity index (χ2n) is 3.41. The second-order valence-corrected chi connectivity index (χ2v) is 4.89. The van der Waals surface area contributed by atoms with Gasteiger partial charge in [-0.05, 0) is 18.1 Å². The monoisotopic (exact) mass is 143 g/mol. The Labute approximate surface area is 60.6 Å². The van der Waals surface area contributed by atoms with Crippen LogP contribution in [0.2, 0.25) is 0 Å². The van der Waals surface area contributed by atoms with E-state index in [0.717, 1.165) is 5.92 Å². The molecule has 2 fully saturated rings. The SMILES string of the molecule is CC1CSC2(CNC2)C1. The molecular formula is C7H13NS. The van der Waals surface area contributed by atoms with Crippen molar-refractivity contribution >= 4 is 11.8 Å². The van der Waals surface area contributed by atoms with Gasteiger partial charge >= 0.3 is 0 Å². The molecule has 2 saturated heterocycles. The fourth-order valence-corrected chi connectivity index (χ4v) is 3.29. The zero-order valence-electron chi connectivity index (χ0n) is 5.81. The van der Waals surface area contributed by atoms with E-state index >= 15 is 0 Å². The molecule has 0 amide bonds. The van der Waals surface area contributed by atoms with Crippen LogP contribution in [0.5, 0.6) is 0 Å². The van der Waals surface area contributed by atoms with E-state index in [1.165, 1.54) is 25.3 Å². The van der Waals surface area contributed by atoms with Crippen LogP contribution in [0.1, 0.15) is 13.3 Å². The summed E-state index contributed by atoms with van der Waals surface area (Å²) in [5, 5.41) is 3.34. The van der Waals surface area contributed by atoms with Crippen LogP contribution in [0.3, 0.4) is 0 Å². The summed E-state index contributed by atoms with van der Waals surface area (Å²) >= 11 is 2.18. The Bertz CT molecular complexity index is 120. The van der Waals surface area contributed by atoms with E-state index in [2.05, 4.69) is 24.0 Å². The van der Waals surface area contributed by atoms with Gasteiger partial charge in [-0.15, -0.1) is 0 Å². The summed E-state index contributed by atoms with van der Waals surface area (Å²) in [6.07, 6.45) is 1.45. The van der Waals surface area contributed by atoms with E-state index in [1.54, 1.807) is 0 Å². The highest BCUT2D eigenvalue weighted by atomic mass is 32.2. The first kappa shape index (κ1) is 6.05. The minimum absolute atomic E-state index is 0.694. The Morgan fingerprint density at radius 1 is 1.56 bits per heavy atom. The summed E-state index contributed by atoms with van der Waals surface area (Å²) in [5.74, 6) is 2.36. The second kappa shape index (κ2) is 1.89. The van der Waals surface area contributed by atoms with Gasteiger partial charge in [0.2, 0.25) is 0 Å². The van der Waals surface area contributed by atoms with Gasteiger partial charge < -0.3 is 5.32 Å². The Kier molecular flexibility index (Phi) is 1.27. The van der Waals surface area contributed by atoms with Crippen molar-refractivity contribution in [2.75, 3.05) is 18.8 Å². The van der Waals surface area contributed by atoms with Crippen molar-refractivity contribution in [3.05, 3.63) is 0 Å². The Morgan fingerprint density at radius 2 is 2.33 bits per heavy atom. The normalized spacial score (nSPS) is 39.0. The van der Waals surface area contributed by atoms with E-state index in [1.807, 2.05) is 0 Å². The predicted molar refractivity (Wildman–Crippen MR) is 41.8 cm³/mol. The lowest BCUT2D eigenvalue weighted by molar-refractivity contribution is 0.354. The van der Waals surface area contributed by atoms with E-state index in [4.69, 9.17) is 0 Å². The maximum absolute atomic E-state index is 3.34. The van der Waals surface area contributed by atoms with Crippen molar-refractivity contribution in [1.29, 1.82) is 0 Å². The van der Waals surface area contributed by atoms with Crippen molar-refractivity contribution < 1.29 is 0 Å². The average molecular weight is 143 g/mol. The van der Waals surface area contributed by atoms with Crippen molar-refractivity contribution in [2.24, 2.45) is 5.92 Å². The van der Waals surface area contributed by atoms with Gasteiger partial charge in [0, 0.05) is 17.8 Å². The van der Waals surface area contributed by atoms with Crippen LogP contribution in [-0.2, 0) is 0 Å². The number of rotatable bonds is 0. The van der Waals surface area contributed by atoms with Crippen LogP contribution in [0, 0.1) is 5.92 Å². The molecule has 1 spiro atoms. The molecule has 1 unspecified atom stereocenters. The van der Waals surface area contributed by atoms with Crippen LogP contribution < -0.4 is 5.32 Å². The van der Waals surface area contributed by atoms with Crippen molar-refractivity contribution in [3.8, 4) is 0 Å². The van der Waals surface area contributed by atoms with Crippen molar-refractivity contribution in [1.82, 2.24) is 5.32 Å². The average Bonchev–Trinajstić information content (AvgIpc) is 2.09. The molecule has 52 valence electrons. The minimum atomic E-state index is 0.694. The molecule has 0 radical (unpaired) electrons. The lowest BCUT2D eigenvalue weighted by Gasteiger charge is -2.38.